The zero-order valence-electron chi connectivity index (χ0n) is 12.3. The van der Waals surface area contributed by atoms with E-state index < -0.39 is 0 Å². The highest BCUT2D eigenvalue weighted by atomic mass is 79.9. The molecule has 1 aromatic rings. The Balaban J connectivity index is 1.57. The number of rotatable bonds is 4. The Morgan fingerprint density at radius 2 is 2.19 bits per heavy atom. The second kappa shape index (κ2) is 7.03. The molecule has 0 radical (unpaired) electrons. The molecule has 1 saturated heterocycles. The Morgan fingerprint density at radius 1 is 1.33 bits per heavy atom. The first-order chi connectivity index (χ1) is 10.2. The number of hydrogen-bond acceptors (Lipinski definition) is 3. The van der Waals surface area contributed by atoms with E-state index in [-0.39, 0.29) is 5.78 Å². The Morgan fingerprint density at radius 3 is 3.05 bits per heavy atom. The molecule has 1 aliphatic heterocycles. The van der Waals surface area contributed by atoms with Crippen LogP contribution in [0.5, 0.6) is 0 Å². The standard InChI is InChI=1S/C17H22BrNO2/c18-14-5-3-4-13(12-14)16(20)8-9-19-10-11-21-17-7-2-1-6-15(17)19/h3-5,12,15,17H,1-2,6-11H2. The monoisotopic (exact) mass is 351 g/mol. The molecule has 114 valence electrons. The number of carbonyl (C=O) groups excluding carboxylic acids is 1. The van der Waals surface area contributed by atoms with E-state index in [2.05, 4.69) is 20.8 Å². The van der Waals surface area contributed by atoms with Gasteiger partial charge in [0.2, 0.25) is 0 Å². The van der Waals surface area contributed by atoms with Crippen LogP contribution in [0.1, 0.15) is 42.5 Å². The summed E-state index contributed by atoms with van der Waals surface area (Å²) < 4.78 is 6.85. The quantitative estimate of drug-likeness (QED) is 0.775. The average molecular weight is 352 g/mol. The second-order valence-corrected chi connectivity index (χ2v) is 6.90. The molecule has 1 aromatic carbocycles. The number of Topliss-reactive ketones (excluding diaryl/α,β-unsaturated/α-hetero) is 1. The van der Waals surface area contributed by atoms with Gasteiger partial charge in [0.05, 0.1) is 12.7 Å². The fourth-order valence-corrected chi connectivity index (χ4v) is 3.90. The van der Waals surface area contributed by atoms with Crippen LogP contribution in [0.3, 0.4) is 0 Å². The van der Waals surface area contributed by atoms with Crippen molar-refractivity contribution in [1.82, 2.24) is 4.90 Å². The molecule has 2 atom stereocenters. The summed E-state index contributed by atoms with van der Waals surface area (Å²) in [6.07, 6.45) is 5.97. The van der Waals surface area contributed by atoms with Crippen molar-refractivity contribution < 1.29 is 9.53 Å². The van der Waals surface area contributed by atoms with E-state index in [0.717, 1.165) is 29.7 Å². The summed E-state index contributed by atoms with van der Waals surface area (Å²) in [5.41, 5.74) is 0.804. The van der Waals surface area contributed by atoms with Gasteiger partial charge in [0.1, 0.15) is 0 Å². The summed E-state index contributed by atoms with van der Waals surface area (Å²) in [4.78, 5) is 14.8. The highest BCUT2D eigenvalue weighted by Gasteiger charge is 2.33. The lowest BCUT2D eigenvalue weighted by Gasteiger charge is -2.43. The van der Waals surface area contributed by atoms with Crippen LogP contribution in [0.15, 0.2) is 28.7 Å². The van der Waals surface area contributed by atoms with E-state index in [9.17, 15) is 4.79 Å². The molecular weight excluding hydrogens is 330 g/mol. The fourth-order valence-electron chi connectivity index (χ4n) is 3.51. The number of benzene rings is 1. The van der Waals surface area contributed by atoms with Gasteiger partial charge in [0.15, 0.2) is 5.78 Å². The summed E-state index contributed by atoms with van der Waals surface area (Å²) in [5, 5.41) is 0. The van der Waals surface area contributed by atoms with Crippen molar-refractivity contribution in [3.05, 3.63) is 34.3 Å². The molecule has 1 aliphatic carbocycles. The molecule has 0 bridgehead atoms. The molecular formula is C17H22BrNO2. The molecule has 0 amide bonds. The Bertz CT molecular complexity index is 503. The van der Waals surface area contributed by atoms with Crippen LogP contribution in [0.2, 0.25) is 0 Å². The van der Waals surface area contributed by atoms with E-state index in [1.807, 2.05) is 24.3 Å². The van der Waals surface area contributed by atoms with Crippen molar-refractivity contribution in [3.8, 4) is 0 Å². The van der Waals surface area contributed by atoms with Crippen molar-refractivity contribution in [2.75, 3.05) is 19.7 Å². The SMILES string of the molecule is O=C(CCN1CCOC2CCCCC21)c1cccc(Br)c1. The molecule has 21 heavy (non-hydrogen) atoms. The lowest BCUT2D eigenvalue weighted by atomic mass is 9.90. The molecule has 1 saturated carbocycles. The van der Waals surface area contributed by atoms with Crippen LogP contribution in [0.4, 0.5) is 0 Å². The second-order valence-electron chi connectivity index (χ2n) is 5.98. The zero-order valence-corrected chi connectivity index (χ0v) is 13.8. The smallest absolute Gasteiger partial charge is 0.164 e. The summed E-state index contributed by atoms with van der Waals surface area (Å²) in [5.74, 6) is 0.232. The minimum absolute atomic E-state index is 0.232. The molecule has 4 heteroatoms. The van der Waals surface area contributed by atoms with Gasteiger partial charge < -0.3 is 4.74 Å². The van der Waals surface area contributed by atoms with Crippen molar-refractivity contribution in [2.45, 2.75) is 44.2 Å². The van der Waals surface area contributed by atoms with Gasteiger partial charge in [-0.3, -0.25) is 9.69 Å². The van der Waals surface area contributed by atoms with Crippen molar-refractivity contribution in [2.24, 2.45) is 0 Å². The number of nitrogens with zero attached hydrogens (tertiary/aromatic N) is 1. The third-order valence-corrected chi connectivity index (χ3v) is 5.11. The van der Waals surface area contributed by atoms with Gasteiger partial charge >= 0.3 is 0 Å². The predicted octanol–water partition coefficient (Wildman–Crippen LogP) is 3.67. The Hall–Kier alpha value is -0.710. The third-order valence-electron chi connectivity index (χ3n) is 4.62. The van der Waals surface area contributed by atoms with E-state index in [1.54, 1.807) is 0 Å². The minimum atomic E-state index is 0.232. The van der Waals surface area contributed by atoms with Crippen LogP contribution in [-0.2, 0) is 4.74 Å². The molecule has 2 unspecified atom stereocenters. The highest BCUT2D eigenvalue weighted by Crippen LogP contribution is 2.28. The zero-order chi connectivity index (χ0) is 14.7. The topological polar surface area (TPSA) is 29.5 Å². The highest BCUT2D eigenvalue weighted by molar-refractivity contribution is 9.10. The lowest BCUT2D eigenvalue weighted by molar-refractivity contribution is -0.0874. The van der Waals surface area contributed by atoms with Gasteiger partial charge in [-0.05, 0) is 25.0 Å². The summed E-state index contributed by atoms with van der Waals surface area (Å²) >= 11 is 3.42. The molecule has 2 fully saturated rings. The number of ether oxygens (including phenoxy) is 1. The number of fused-ring (bicyclic) bond motifs is 1. The first-order valence-electron chi connectivity index (χ1n) is 7.88. The maximum Gasteiger partial charge on any atom is 0.164 e. The number of ketones is 1. The van der Waals surface area contributed by atoms with E-state index in [1.165, 1.54) is 25.7 Å². The number of halogens is 1. The normalized spacial score (nSPS) is 26.3. The van der Waals surface area contributed by atoms with Crippen LogP contribution < -0.4 is 0 Å². The van der Waals surface area contributed by atoms with Crippen LogP contribution >= 0.6 is 15.9 Å². The molecule has 2 aliphatic rings. The van der Waals surface area contributed by atoms with Crippen LogP contribution in [0, 0.1) is 0 Å². The molecule has 3 rings (SSSR count). The minimum Gasteiger partial charge on any atom is -0.375 e. The van der Waals surface area contributed by atoms with E-state index in [4.69, 9.17) is 4.74 Å². The largest absolute Gasteiger partial charge is 0.375 e. The first-order valence-corrected chi connectivity index (χ1v) is 8.68. The summed E-state index contributed by atoms with van der Waals surface area (Å²) in [7, 11) is 0. The summed E-state index contributed by atoms with van der Waals surface area (Å²) in [6, 6.07) is 8.21. The van der Waals surface area contributed by atoms with Gasteiger partial charge in [-0.15, -0.1) is 0 Å². The Labute approximate surface area is 134 Å². The van der Waals surface area contributed by atoms with Crippen molar-refractivity contribution in [3.63, 3.8) is 0 Å². The van der Waals surface area contributed by atoms with Gasteiger partial charge in [-0.25, -0.2) is 0 Å². The maximum atomic E-state index is 12.3. The molecule has 0 spiro atoms. The van der Waals surface area contributed by atoms with Crippen molar-refractivity contribution in [1.29, 1.82) is 0 Å². The maximum absolute atomic E-state index is 12.3. The van der Waals surface area contributed by atoms with E-state index in [0.29, 0.717) is 18.6 Å². The van der Waals surface area contributed by atoms with Gasteiger partial charge in [-0.2, -0.15) is 0 Å². The lowest BCUT2D eigenvalue weighted by Crippen LogP contribution is -2.53. The third kappa shape index (κ3) is 3.74. The predicted molar refractivity (Wildman–Crippen MR) is 86.7 cm³/mol. The van der Waals surface area contributed by atoms with Gasteiger partial charge in [-0.1, -0.05) is 40.9 Å². The first kappa shape index (κ1) is 15.2. The summed E-state index contributed by atoms with van der Waals surface area (Å²) in [6.45, 7) is 2.63. The molecule has 0 aromatic heterocycles. The van der Waals surface area contributed by atoms with Gasteiger partial charge in [0, 0.05) is 35.6 Å². The number of morpholine rings is 1. The number of hydrogen-bond donors (Lipinski definition) is 0. The van der Waals surface area contributed by atoms with Crippen molar-refractivity contribution >= 4 is 21.7 Å². The molecule has 3 nitrogen and oxygen atoms in total. The van der Waals surface area contributed by atoms with Crippen LogP contribution in [0.25, 0.3) is 0 Å². The fraction of sp³-hybridized carbons (Fsp3) is 0.588. The molecule has 0 N–H and O–H groups in total. The average Bonchev–Trinajstić information content (AvgIpc) is 2.52. The van der Waals surface area contributed by atoms with E-state index >= 15 is 0 Å². The van der Waals surface area contributed by atoms with Crippen LogP contribution in [-0.4, -0.2) is 42.5 Å². The number of carbonyl (C=O) groups is 1. The van der Waals surface area contributed by atoms with Gasteiger partial charge in [0.25, 0.3) is 0 Å². The Kier molecular flexibility index (Phi) is 5.09. The molecule has 1 heterocycles.